The van der Waals surface area contributed by atoms with Crippen LogP contribution in [0.25, 0.3) is 0 Å². The number of hydrogen-bond acceptors (Lipinski definition) is 3. The zero-order chi connectivity index (χ0) is 12.2. The first-order chi connectivity index (χ1) is 7.51. The first-order valence-corrected chi connectivity index (χ1v) is 5.30. The Kier molecular flexibility index (Phi) is 3.92. The standard InChI is InChI=1S/C13H18N2O/c1-10-5-7-12(8-6-10)15-13(3,9-14)11(2)16-4/h5-8,11,15H,1-4H3. The monoisotopic (exact) mass is 218 g/mol. The molecule has 0 aromatic heterocycles. The number of rotatable bonds is 4. The topological polar surface area (TPSA) is 45.0 Å². The summed E-state index contributed by atoms with van der Waals surface area (Å²) in [6, 6.07) is 10.2. The van der Waals surface area contributed by atoms with Gasteiger partial charge in [0.15, 0.2) is 0 Å². The van der Waals surface area contributed by atoms with Gasteiger partial charge in [-0.3, -0.25) is 0 Å². The van der Waals surface area contributed by atoms with Crippen LogP contribution in [0.5, 0.6) is 0 Å². The van der Waals surface area contributed by atoms with Crippen molar-refractivity contribution < 1.29 is 4.74 Å². The first-order valence-electron chi connectivity index (χ1n) is 5.30. The molecule has 16 heavy (non-hydrogen) atoms. The van der Waals surface area contributed by atoms with Gasteiger partial charge in [0, 0.05) is 12.8 Å². The van der Waals surface area contributed by atoms with Crippen LogP contribution in [0.4, 0.5) is 5.69 Å². The normalized spacial score (nSPS) is 15.9. The molecule has 0 fully saturated rings. The van der Waals surface area contributed by atoms with Gasteiger partial charge >= 0.3 is 0 Å². The summed E-state index contributed by atoms with van der Waals surface area (Å²) in [5, 5.41) is 12.4. The number of benzene rings is 1. The van der Waals surface area contributed by atoms with Crippen molar-refractivity contribution in [3.05, 3.63) is 29.8 Å². The Balaban J connectivity index is 2.86. The highest BCUT2D eigenvalue weighted by Crippen LogP contribution is 2.20. The van der Waals surface area contributed by atoms with Crippen molar-refractivity contribution in [2.24, 2.45) is 0 Å². The molecule has 1 aromatic carbocycles. The van der Waals surface area contributed by atoms with Crippen molar-refractivity contribution in [3.8, 4) is 6.07 Å². The Labute approximate surface area is 97.0 Å². The quantitative estimate of drug-likeness (QED) is 0.845. The van der Waals surface area contributed by atoms with Gasteiger partial charge in [0.25, 0.3) is 0 Å². The molecule has 0 bridgehead atoms. The SMILES string of the molecule is COC(C)C(C)(C#N)Nc1ccc(C)cc1. The van der Waals surface area contributed by atoms with Crippen LogP contribution in [0, 0.1) is 18.3 Å². The summed E-state index contributed by atoms with van der Waals surface area (Å²) < 4.78 is 5.22. The maximum atomic E-state index is 9.21. The van der Waals surface area contributed by atoms with Gasteiger partial charge in [-0.2, -0.15) is 5.26 Å². The van der Waals surface area contributed by atoms with Crippen LogP contribution < -0.4 is 5.32 Å². The molecule has 0 saturated heterocycles. The number of anilines is 1. The molecule has 1 rings (SSSR count). The van der Waals surface area contributed by atoms with Crippen LogP contribution in [-0.2, 0) is 4.74 Å². The number of nitrogens with zero attached hydrogens (tertiary/aromatic N) is 1. The molecule has 2 atom stereocenters. The summed E-state index contributed by atoms with van der Waals surface area (Å²) in [7, 11) is 1.61. The largest absolute Gasteiger partial charge is 0.378 e. The molecule has 0 aliphatic rings. The molecule has 0 radical (unpaired) electrons. The van der Waals surface area contributed by atoms with E-state index >= 15 is 0 Å². The lowest BCUT2D eigenvalue weighted by Gasteiger charge is -2.29. The van der Waals surface area contributed by atoms with Gasteiger partial charge in [0.05, 0.1) is 12.2 Å². The minimum Gasteiger partial charge on any atom is -0.378 e. The van der Waals surface area contributed by atoms with E-state index in [0.717, 1.165) is 5.69 Å². The Hall–Kier alpha value is -1.53. The van der Waals surface area contributed by atoms with Crippen LogP contribution in [0.2, 0.25) is 0 Å². The molecule has 1 aromatic rings. The fourth-order valence-electron chi connectivity index (χ4n) is 1.39. The van der Waals surface area contributed by atoms with Crippen molar-refractivity contribution in [3.63, 3.8) is 0 Å². The molecule has 0 saturated carbocycles. The average molecular weight is 218 g/mol. The van der Waals surface area contributed by atoms with Crippen molar-refractivity contribution >= 4 is 5.69 Å². The van der Waals surface area contributed by atoms with E-state index in [1.807, 2.05) is 45.0 Å². The van der Waals surface area contributed by atoms with Crippen LogP contribution in [0.1, 0.15) is 19.4 Å². The molecule has 2 unspecified atom stereocenters. The zero-order valence-electron chi connectivity index (χ0n) is 10.2. The molecule has 0 heterocycles. The smallest absolute Gasteiger partial charge is 0.148 e. The van der Waals surface area contributed by atoms with E-state index in [0.29, 0.717) is 0 Å². The number of aryl methyl sites for hydroxylation is 1. The average Bonchev–Trinajstić information content (AvgIpc) is 2.31. The maximum absolute atomic E-state index is 9.21. The third-order valence-electron chi connectivity index (χ3n) is 2.85. The molecule has 3 nitrogen and oxygen atoms in total. The van der Waals surface area contributed by atoms with Crippen molar-refractivity contribution in [2.75, 3.05) is 12.4 Å². The van der Waals surface area contributed by atoms with Gasteiger partial charge in [-0.1, -0.05) is 17.7 Å². The number of ether oxygens (including phenoxy) is 1. The van der Waals surface area contributed by atoms with Gasteiger partial charge in [-0.25, -0.2) is 0 Å². The molecular weight excluding hydrogens is 200 g/mol. The third kappa shape index (κ3) is 2.74. The minimum atomic E-state index is -0.718. The van der Waals surface area contributed by atoms with E-state index in [9.17, 15) is 5.26 Å². The van der Waals surface area contributed by atoms with E-state index in [2.05, 4.69) is 11.4 Å². The summed E-state index contributed by atoms with van der Waals surface area (Å²) >= 11 is 0. The van der Waals surface area contributed by atoms with E-state index in [1.54, 1.807) is 7.11 Å². The van der Waals surface area contributed by atoms with Gasteiger partial charge in [0.1, 0.15) is 5.54 Å². The third-order valence-corrected chi connectivity index (χ3v) is 2.85. The maximum Gasteiger partial charge on any atom is 0.148 e. The molecule has 0 amide bonds. The molecule has 1 N–H and O–H groups in total. The first kappa shape index (κ1) is 12.5. The van der Waals surface area contributed by atoms with E-state index in [1.165, 1.54) is 5.56 Å². The van der Waals surface area contributed by atoms with Crippen LogP contribution in [0.15, 0.2) is 24.3 Å². The summed E-state index contributed by atoms with van der Waals surface area (Å²) in [6.45, 7) is 5.75. The van der Waals surface area contributed by atoms with Gasteiger partial charge < -0.3 is 10.1 Å². The highest BCUT2D eigenvalue weighted by Gasteiger charge is 2.31. The lowest BCUT2D eigenvalue weighted by atomic mass is 9.97. The van der Waals surface area contributed by atoms with Gasteiger partial charge in [-0.05, 0) is 32.9 Å². The van der Waals surface area contributed by atoms with E-state index in [4.69, 9.17) is 4.74 Å². The Bertz CT molecular complexity index is 380. The Morgan fingerprint density at radius 1 is 1.38 bits per heavy atom. The zero-order valence-corrected chi connectivity index (χ0v) is 10.2. The van der Waals surface area contributed by atoms with Crippen molar-refractivity contribution in [1.82, 2.24) is 0 Å². The van der Waals surface area contributed by atoms with Gasteiger partial charge in [0.2, 0.25) is 0 Å². The van der Waals surface area contributed by atoms with Crippen LogP contribution in [0.3, 0.4) is 0 Å². The highest BCUT2D eigenvalue weighted by molar-refractivity contribution is 5.48. The second-order valence-corrected chi connectivity index (χ2v) is 4.18. The summed E-state index contributed by atoms with van der Waals surface area (Å²) in [6.07, 6.45) is -0.182. The summed E-state index contributed by atoms with van der Waals surface area (Å²) in [4.78, 5) is 0. The van der Waals surface area contributed by atoms with Crippen molar-refractivity contribution in [2.45, 2.75) is 32.4 Å². The van der Waals surface area contributed by atoms with E-state index in [-0.39, 0.29) is 6.10 Å². The molecule has 86 valence electrons. The van der Waals surface area contributed by atoms with Gasteiger partial charge in [-0.15, -0.1) is 0 Å². The molecule has 3 heteroatoms. The van der Waals surface area contributed by atoms with E-state index < -0.39 is 5.54 Å². The second-order valence-electron chi connectivity index (χ2n) is 4.18. The number of nitrogens with one attached hydrogen (secondary N) is 1. The predicted octanol–water partition coefficient (Wildman–Crippen LogP) is 2.72. The highest BCUT2D eigenvalue weighted by atomic mass is 16.5. The van der Waals surface area contributed by atoms with Crippen LogP contribution >= 0.6 is 0 Å². The van der Waals surface area contributed by atoms with Crippen LogP contribution in [-0.4, -0.2) is 18.8 Å². The number of hydrogen-bond donors (Lipinski definition) is 1. The lowest BCUT2D eigenvalue weighted by Crippen LogP contribution is -2.44. The molecular formula is C13H18N2O. The Morgan fingerprint density at radius 2 is 1.94 bits per heavy atom. The molecule has 0 spiro atoms. The fourth-order valence-corrected chi connectivity index (χ4v) is 1.39. The minimum absolute atomic E-state index is 0.182. The molecule has 0 aliphatic carbocycles. The summed E-state index contributed by atoms with van der Waals surface area (Å²) in [5.41, 5.74) is 1.41. The van der Waals surface area contributed by atoms with Crippen molar-refractivity contribution in [1.29, 1.82) is 5.26 Å². The molecule has 0 aliphatic heterocycles. The second kappa shape index (κ2) is 5.00. The number of methoxy groups -OCH3 is 1. The summed E-state index contributed by atoms with van der Waals surface area (Å²) in [5.74, 6) is 0. The number of nitriles is 1. The lowest BCUT2D eigenvalue weighted by molar-refractivity contribution is 0.0853. The fraction of sp³-hybridized carbons (Fsp3) is 0.462. The predicted molar refractivity (Wildman–Crippen MR) is 65.3 cm³/mol. The Morgan fingerprint density at radius 3 is 2.38 bits per heavy atom.